The van der Waals surface area contributed by atoms with Gasteiger partial charge in [-0.15, -0.1) is 0 Å². The second-order valence-corrected chi connectivity index (χ2v) is 5.16. The zero-order valence-corrected chi connectivity index (χ0v) is 10.6. The number of benzene rings is 1. The third-order valence-electron chi connectivity index (χ3n) is 3.89. The van der Waals surface area contributed by atoms with Crippen LogP contribution in [0.4, 0.5) is 0 Å². The molecule has 1 aromatic carbocycles. The Balaban J connectivity index is 2.03. The summed E-state index contributed by atoms with van der Waals surface area (Å²) in [5, 5.41) is 0. The van der Waals surface area contributed by atoms with Crippen LogP contribution in [0.5, 0.6) is 5.75 Å². The molecule has 0 aromatic heterocycles. The molecule has 2 heteroatoms. The maximum absolute atomic E-state index is 10.9. The summed E-state index contributed by atoms with van der Waals surface area (Å²) in [6, 6.07) is 7.46. The summed E-state index contributed by atoms with van der Waals surface area (Å²) in [7, 11) is 0. The van der Waals surface area contributed by atoms with Crippen LogP contribution in [0.1, 0.15) is 43.5 Å². The second kappa shape index (κ2) is 5.35. The molecule has 0 aliphatic heterocycles. The number of aldehydes is 1. The zero-order valence-electron chi connectivity index (χ0n) is 10.6. The van der Waals surface area contributed by atoms with E-state index < -0.39 is 0 Å². The minimum absolute atomic E-state index is 0.266. The molecule has 1 aromatic rings. The van der Waals surface area contributed by atoms with Gasteiger partial charge in [0.1, 0.15) is 5.75 Å². The highest BCUT2D eigenvalue weighted by Crippen LogP contribution is 2.32. The third-order valence-corrected chi connectivity index (χ3v) is 3.89. The molecule has 1 saturated carbocycles. The first-order chi connectivity index (χ1) is 8.20. The topological polar surface area (TPSA) is 26.3 Å². The minimum Gasteiger partial charge on any atom is -0.490 e. The zero-order chi connectivity index (χ0) is 12.3. The van der Waals surface area contributed by atoms with E-state index in [-0.39, 0.29) is 6.10 Å². The number of carbonyl (C=O) groups excluding carboxylic acids is 1. The Morgan fingerprint density at radius 2 is 1.94 bits per heavy atom. The number of hydrogen-bond donors (Lipinski definition) is 0. The van der Waals surface area contributed by atoms with Crippen molar-refractivity contribution in [2.75, 3.05) is 0 Å². The molecule has 3 unspecified atom stereocenters. The molecular formula is C15H20O2. The number of rotatable bonds is 3. The van der Waals surface area contributed by atoms with E-state index in [9.17, 15) is 4.79 Å². The highest BCUT2D eigenvalue weighted by molar-refractivity contribution is 5.79. The standard InChI is InChI=1S/C15H20O2/c1-11-7-8-14(9-12(11)2)17-15-6-4-3-5-13(15)10-16/h3-6,10-12,14H,7-9H2,1-2H3. The van der Waals surface area contributed by atoms with E-state index in [4.69, 9.17) is 4.74 Å². The molecule has 92 valence electrons. The highest BCUT2D eigenvalue weighted by Gasteiger charge is 2.26. The summed E-state index contributed by atoms with van der Waals surface area (Å²) in [4.78, 5) is 10.9. The van der Waals surface area contributed by atoms with Crippen molar-refractivity contribution in [3.05, 3.63) is 29.8 Å². The van der Waals surface area contributed by atoms with Gasteiger partial charge in [-0.2, -0.15) is 0 Å². The first-order valence-corrected chi connectivity index (χ1v) is 6.41. The van der Waals surface area contributed by atoms with Crippen LogP contribution in [-0.2, 0) is 0 Å². The summed E-state index contributed by atoms with van der Waals surface area (Å²) in [5.74, 6) is 2.22. The molecule has 0 N–H and O–H groups in total. The van der Waals surface area contributed by atoms with Gasteiger partial charge in [-0.25, -0.2) is 0 Å². The molecule has 0 heterocycles. The predicted octanol–water partition coefficient (Wildman–Crippen LogP) is 3.70. The second-order valence-electron chi connectivity index (χ2n) is 5.16. The molecule has 1 fully saturated rings. The van der Waals surface area contributed by atoms with Crippen molar-refractivity contribution >= 4 is 6.29 Å². The molecule has 17 heavy (non-hydrogen) atoms. The fourth-order valence-electron chi connectivity index (χ4n) is 2.47. The Kier molecular flexibility index (Phi) is 3.82. The van der Waals surface area contributed by atoms with Gasteiger partial charge in [0.05, 0.1) is 11.7 Å². The molecule has 0 amide bonds. The maximum atomic E-state index is 10.9. The number of ether oxygens (including phenoxy) is 1. The van der Waals surface area contributed by atoms with E-state index in [0.29, 0.717) is 11.5 Å². The normalized spacial score (nSPS) is 28.7. The van der Waals surface area contributed by atoms with E-state index in [0.717, 1.165) is 30.8 Å². The van der Waals surface area contributed by atoms with Crippen molar-refractivity contribution in [2.24, 2.45) is 11.8 Å². The van der Waals surface area contributed by atoms with E-state index in [1.54, 1.807) is 6.07 Å². The van der Waals surface area contributed by atoms with Crippen LogP contribution in [-0.4, -0.2) is 12.4 Å². The van der Waals surface area contributed by atoms with Crippen molar-refractivity contribution in [3.8, 4) is 5.75 Å². The number of hydrogen-bond acceptors (Lipinski definition) is 2. The Morgan fingerprint density at radius 3 is 2.65 bits per heavy atom. The predicted molar refractivity (Wildman–Crippen MR) is 68.4 cm³/mol. The molecule has 2 nitrogen and oxygen atoms in total. The molecule has 1 aliphatic carbocycles. The Hall–Kier alpha value is -1.31. The third kappa shape index (κ3) is 2.87. The largest absolute Gasteiger partial charge is 0.490 e. The van der Waals surface area contributed by atoms with Crippen molar-refractivity contribution < 1.29 is 9.53 Å². The van der Waals surface area contributed by atoms with Gasteiger partial charge in [0, 0.05) is 0 Å². The van der Waals surface area contributed by atoms with Gasteiger partial charge >= 0.3 is 0 Å². The highest BCUT2D eigenvalue weighted by atomic mass is 16.5. The van der Waals surface area contributed by atoms with Gasteiger partial charge in [0.25, 0.3) is 0 Å². The van der Waals surface area contributed by atoms with Crippen molar-refractivity contribution in [3.63, 3.8) is 0 Å². The average Bonchev–Trinajstić information content (AvgIpc) is 2.34. The molecule has 0 bridgehead atoms. The maximum Gasteiger partial charge on any atom is 0.153 e. The van der Waals surface area contributed by atoms with Gasteiger partial charge < -0.3 is 4.74 Å². The molecule has 0 radical (unpaired) electrons. The molecule has 0 saturated heterocycles. The van der Waals surface area contributed by atoms with Crippen molar-refractivity contribution in [1.82, 2.24) is 0 Å². The van der Waals surface area contributed by atoms with Crippen LogP contribution in [0.2, 0.25) is 0 Å². The van der Waals surface area contributed by atoms with Gasteiger partial charge in [-0.3, -0.25) is 4.79 Å². The first-order valence-electron chi connectivity index (χ1n) is 6.41. The number of carbonyl (C=O) groups is 1. The molecule has 3 atom stereocenters. The van der Waals surface area contributed by atoms with E-state index in [1.165, 1.54) is 6.42 Å². The van der Waals surface area contributed by atoms with Gasteiger partial charge in [0.2, 0.25) is 0 Å². The van der Waals surface area contributed by atoms with E-state index in [2.05, 4.69) is 13.8 Å². The van der Waals surface area contributed by atoms with E-state index in [1.807, 2.05) is 18.2 Å². The Labute approximate surface area is 103 Å². The number of para-hydroxylation sites is 1. The summed E-state index contributed by atoms with van der Waals surface area (Å²) in [5.41, 5.74) is 0.652. The lowest BCUT2D eigenvalue weighted by Crippen LogP contribution is -2.29. The summed E-state index contributed by atoms with van der Waals surface area (Å²) in [6.45, 7) is 4.59. The summed E-state index contributed by atoms with van der Waals surface area (Å²) >= 11 is 0. The van der Waals surface area contributed by atoms with Crippen molar-refractivity contribution in [1.29, 1.82) is 0 Å². The van der Waals surface area contributed by atoms with Crippen LogP contribution in [0, 0.1) is 11.8 Å². The van der Waals surface area contributed by atoms with Crippen LogP contribution >= 0.6 is 0 Å². The summed E-state index contributed by atoms with van der Waals surface area (Å²) in [6.07, 6.45) is 4.54. The average molecular weight is 232 g/mol. The van der Waals surface area contributed by atoms with Crippen molar-refractivity contribution in [2.45, 2.75) is 39.2 Å². The van der Waals surface area contributed by atoms with Gasteiger partial charge in [-0.1, -0.05) is 26.0 Å². The first kappa shape index (κ1) is 12.2. The quantitative estimate of drug-likeness (QED) is 0.743. The monoisotopic (exact) mass is 232 g/mol. The van der Waals surface area contributed by atoms with Gasteiger partial charge in [0.15, 0.2) is 6.29 Å². The molecular weight excluding hydrogens is 212 g/mol. The Morgan fingerprint density at radius 1 is 1.18 bits per heavy atom. The van der Waals surface area contributed by atoms with Crippen LogP contribution in [0.15, 0.2) is 24.3 Å². The fraction of sp³-hybridized carbons (Fsp3) is 0.533. The lowest BCUT2D eigenvalue weighted by atomic mass is 9.80. The van der Waals surface area contributed by atoms with E-state index >= 15 is 0 Å². The SMILES string of the molecule is CC1CCC(Oc2ccccc2C=O)CC1C. The molecule has 1 aliphatic rings. The Bertz CT molecular complexity index is 386. The smallest absolute Gasteiger partial charge is 0.153 e. The van der Waals surface area contributed by atoms with Crippen LogP contribution in [0.3, 0.4) is 0 Å². The lowest BCUT2D eigenvalue weighted by molar-refractivity contribution is 0.0976. The van der Waals surface area contributed by atoms with Gasteiger partial charge in [-0.05, 0) is 43.2 Å². The summed E-state index contributed by atoms with van der Waals surface area (Å²) < 4.78 is 5.96. The lowest BCUT2D eigenvalue weighted by Gasteiger charge is -2.32. The molecule has 0 spiro atoms. The van der Waals surface area contributed by atoms with Crippen LogP contribution in [0.25, 0.3) is 0 Å². The fourth-order valence-corrected chi connectivity index (χ4v) is 2.47. The van der Waals surface area contributed by atoms with Crippen LogP contribution < -0.4 is 4.74 Å². The molecule has 2 rings (SSSR count). The minimum atomic E-state index is 0.266.